The molecule has 128 valence electrons. The third-order valence-electron chi connectivity index (χ3n) is 4.03. The first-order valence-corrected chi connectivity index (χ1v) is 7.30. The molecule has 0 saturated heterocycles. The van der Waals surface area contributed by atoms with Gasteiger partial charge in [0.15, 0.2) is 5.78 Å². The van der Waals surface area contributed by atoms with E-state index in [1.807, 2.05) is 0 Å². The van der Waals surface area contributed by atoms with E-state index < -0.39 is 0 Å². The Hall–Kier alpha value is -3.35. The van der Waals surface area contributed by atoms with Gasteiger partial charge >= 0.3 is 0 Å². The molecule has 0 radical (unpaired) electrons. The Morgan fingerprint density at radius 2 is 1.44 bits per heavy atom. The van der Waals surface area contributed by atoms with E-state index in [2.05, 4.69) is 5.16 Å². The van der Waals surface area contributed by atoms with Crippen molar-refractivity contribution >= 4 is 17.8 Å². The smallest absolute Gasteiger partial charge is 0.201 e. The van der Waals surface area contributed by atoms with Gasteiger partial charge in [0, 0.05) is 22.8 Å². The van der Waals surface area contributed by atoms with Gasteiger partial charge in [-0.05, 0) is 18.2 Å². The van der Waals surface area contributed by atoms with Gasteiger partial charge in [0.05, 0.1) is 38.7 Å². The van der Waals surface area contributed by atoms with Crippen LogP contribution >= 0.6 is 0 Å². The van der Waals surface area contributed by atoms with Crippen LogP contribution in [0.15, 0.2) is 29.4 Å². The van der Waals surface area contributed by atoms with Gasteiger partial charge in [-0.1, -0.05) is 5.16 Å². The number of oxime groups is 1. The molecule has 0 aromatic heterocycles. The Balaban J connectivity index is 2.33. The molecule has 0 atom stereocenters. The Kier molecular flexibility index (Phi) is 4.14. The number of carbonyl (C=O) groups excluding carboxylic acids is 2. The number of rotatable bonds is 4. The van der Waals surface area contributed by atoms with E-state index in [1.165, 1.54) is 39.5 Å². The number of carbonyl (C=O) groups is 2. The van der Waals surface area contributed by atoms with Gasteiger partial charge in [-0.15, -0.1) is 0 Å². The third-order valence-corrected chi connectivity index (χ3v) is 4.03. The normalized spacial score (nSPS) is 12.8. The van der Waals surface area contributed by atoms with E-state index in [0.29, 0.717) is 11.3 Å². The molecule has 2 aromatic rings. The summed E-state index contributed by atoms with van der Waals surface area (Å²) >= 11 is 0. The first kappa shape index (κ1) is 16.5. The maximum absolute atomic E-state index is 13.0. The number of benzene rings is 2. The van der Waals surface area contributed by atoms with Crippen LogP contribution in [0.25, 0.3) is 0 Å². The number of ketones is 2. The molecule has 0 saturated carbocycles. The third kappa shape index (κ3) is 2.50. The highest BCUT2D eigenvalue weighted by Crippen LogP contribution is 2.39. The minimum atomic E-state index is -0.381. The monoisotopic (exact) mass is 341 g/mol. The molecule has 2 aromatic carbocycles. The molecule has 0 amide bonds. The summed E-state index contributed by atoms with van der Waals surface area (Å²) in [6.45, 7) is 0. The topological polar surface area (TPSA) is 94.4 Å². The lowest BCUT2D eigenvalue weighted by molar-refractivity contribution is 0.0973. The zero-order valence-electron chi connectivity index (χ0n) is 13.8. The first-order chi connectivity index (χ1) is 12.0. The van der Waals surface area contributed by atoms with Crippen molar-refractivity contribution in [1.29, 1.82) is 0 Å². The van der Waals surface area contributed by atoms with E-state index in [1.54, 1.807) is 6.07 Å². The van der Waals surface area contributed by atoms with Crippen LogP contribution < -0.4 is 14.2 Å². The van der Waals surface area contributed by atoms with Crippen molar-refractivity contribution in [2.45, 2.75) is 0 Å². The van der Waals surface area contributed by atoms with Crippen molar-refractivity contribution in [1.82, 2.24) is 0 Å². The summed E-state index contributed by atoms with van der Waals surface area (Å²) in [5, 5.41) is 11.7. The predicted octanol–water partition coefficient (Wildman–Crippen LogP) is 2.30. The summed E-state index contributed by atoms with van der Waals surface area (Å²) in [5.74, 6) is 0.123. The number of hydrogen-bond acceptors (Lipinski definition) is 7. The zero-order valence-corrected chi connectivity index (χ0v) is 13.8. The second-order valence-corrected chi connectivity index (χ2v) is 5.30. The van der Waals surface area contributed by atoms with Gasteiger partial charge in [-0.25, -0.2) is 0 Å². The molecule has 7 nitrogen and oxygen atoms in total. The van der Waals surface area contributed by atoms with Crippen LogP contribution in [0.2, 0.25) is 0 Å². The molecular weight excluding hydrogens is 326 g/mol. The maximum Gasteiger partial charge on any atom is 0.201 e. The van der Waals surface area contributed by atoms with E-state index in [9.17, 15) is 9.59 Å². The van der Waals surface area contributed by atoms with Crippen LogP contribution in [-0.4, -0.2) is 44.3 Å². The Morgan fingerprint density at radius 1 is 0.840 bits per heavy atom. The van der Waals surface area contributed by atoms with E-state index in [4.69, 9.17) is 19.4 Å². The molecule has 0 fully saturated rings. The van der Waals surface area contributed by atoms with Crippen molar-refractivity contribution in [2.75, 3.05) is 21.3 Å². The number of methoxy groups -OCH3 is 3. The highest BCUT2D eigenvalue weighted by atomic mass is 16.5. The molecule has 3 rings (SSSR count). The van der Waals surface area contributed by atoms with Crippen molar-refractivity contribution < 1.29 is 29.0 Å². The van der Waals surface area contributed by atoms with E-state index in [0.717, 1.165) is 6.21 Å². The fourth-order valence-electron chi connectivity index (χ4n) is 2.90. The molecular formula is C18H15NO6. The Morgan fingerprint density at radius 3 is 2.00 bits per heavy atom. The number of ether oxygens (including phenoxy) is 3. The minimum absolute atomic E-state index is 0.151. The van der Waals surface area contributed by atoms with Crippen LogP contribution in [0.4, 0.5) is 0 Å². The highest BCUT2D eigenvalue weighted by Gasteiger charge is 2.35. The number of hydrogen-bond donors (Lipinski definition) is 1. The Bertz CT molecular complexity index is 916. The molecule has 0 aliphatic heterocycles. The molecule has 0 spiro atoms. The Labute approximate surface area is 143 Å². The van der Waals surface area contributed by atoms with Crippen LogP contribution in [-0.2, 0) is 0 Å². The second kappa shape index (κ2) is 6.27. The number of nitrogens with zero attached hydrogens (tertiary/aromatic N) is 1. The van der Waals surface area contributed by atoms with E-state index in [-0.39, 0.29) is 45.3 Å². The van der Waals surface area contributed by atoms with Gasteiger partial charge in [0.2, 0.25) is 5.78 Å². The van der Waals surface area contributed by atoms with Crippen LogP contribution in [0.1, 0.15) is 37.4 Å². The van der Waals surface area contributed by atoms with Crippen LogP contribution in [0, 0.1) is 0 Å². The average molecular weight is 341 g/mol. The molecule has 0 heterocycles. The summed E-state index contributed by atoms with van der Waals surface area (Å²) < 4.78 is 15.7. The molecule has 1 aliphatic rings. The van der Waals surface area contributed by atoms with Crippen LogP contribution in [0.5, 0.6) is 17.2 Å². The molecule has 1 N–H and O–H groups in total. The molecule has 25 heavy (non-hydrogen) atoms. The highest BCUT2D eigenvalue weighted by molar-refractivity contribution is 6.30. The molecule has 1 aliphatic carbocycles. The summed E-state index contributed by atoms with van der Waals surface area (Å²) in [6.07, 6.45) is 1.15. The fraction of sp³-hybridized carbons (Fsp3) is 0.167. The van der Waals surface area contributed by atoms with Crippen LogP contribution in [0.3, 0.4) is 0 Å². The van der Waals surface area contributed by atoms with Crippen molar-refractivity contribution in [3.05, 3.63) is 52.1 Å². The maximum atomic E-state index is 13.0. The summed E-state index contributed by atoms with van der Waals surface area (Å²) in [7, 11) is 4.28. The van der Waals surface area contributed by atoms with Gasteiger partial charge in [-0.3, -0.25) is 9.59 Å². The molecule has 0 unspecified atom stereocenters. The summed E-state index contributed by atoms with van der Waals surface area (Å²) in [6, 6.07) is 6.05. The first-order valence-electron chi connectivity index (χ1n) is 7.30. The van der Waals surface area contributed by atoms with Crippen molar-refractivity contribution in [3.8, 4) is 17.2 Å². The lowest BCUT2D eigenvalue weighted by Crippen LogP contribution is -2.23. The number of fused-ring (bicyclic) bond motifs is 2. The quantitative estimate of drug-likeness (QED) is 0.444. The predicted molar refractivity (Wildman–Crippen MR) is 88.8 cm³/mol. The van der Waals surface area contributed by atoms with Gasteiger partial charge in [-0.2, -0.15) is 0 Å². The lowest BCUT2D eigenvalue weighted by Gasteiger charge is -2.22. The van der Waals surface area contributed by atoms with Gasteiger partial charge < -0.3 is 19.4 Å². The summed E-state index contributed by atoms with van der Waals surface area (Å²) in [4.78, 5) is 26.0. The SMILES string of the molecule is COc1cc(OC)c2c(c1)C(=O)c1cc(/C=N/O)cc(OC)c1C2=O. The summed E-state index contributed by atoms with van der Waals surface area (Å²) in [5.41, 5.74) is 1.11. The fourth-order valence-corrected chi connectivity index (χ4v) is 2.90. The molecule has 7 heteroatoms. The minimum Gasteiger partial charge on any atom is -0.497 e. The van der Waals surface area contributed by atoms with Gasteiger partial charge in [0.1, 0.15) is 17.2 Å². The lowest BCUT2D eigenvalue weighted by atomic mass is 9.82. The zero-order chi connectivity index (χ0) is 18.1. The largest absolute Gasteiger partial charge is 0.497 e. The average Bonchev–Trinajstić information content (AvgIpc) is 2.64. The van der Waals surface area contributed by atoms with Gasteiger partial charge in [0.25, 0.3) is 0 Å². The second-order valence-electron chi connectivity index (χ2n) is 5.30. The standard InChI is InChI=1S/C18H15NO6/c1-23-10-6-12-16(14(7-10)25-3)18(21)15-11(17(12)20)4-9(8-19-22)5-13(15)24-2/h4-8,22H,1-3H3/b19-8+. The van der Waals surface area contributed by atoms with E-state index >= 15 is 0 Å². The molecule has 0 bridgehead atoms. The van der Waals surface area contributed by atoms with Crippen molar-refractivity contribution in [3.63, 3.8) is 0 Å². The van der Waals surface area contributed by atoms with Crippen molar-refractivity contribution in [2.24, 2.45) is 5.16 Å².